The van der Waals surface area contributed by atoms with Crippen LogP contribution in [0.1, 0.15) is 64.5 Å². The van der Waals surface area contributed by atoms with E-state index in [1.54, 1.807) is 0 Å². The van der Waals surface area contributed by atoms with Crippen molar-refractivity contribution in [3.05, 3.63) is 71.5 Å². The fourth-order valence-electron chi connectivity index (χ4n) is 7.22. The van der Waals surface area contributed by atoms with Gasteiger partial charge in [0, 0.05) is 0 Å². The first-order chi connectivity index (χ1) is 24.1. The first kappa shape index (κ1) is 40.4. The van der Waals surface area contributed by atoms with Gasteiger partial charge in [-0.3, -0.25) is 0 Å². The molecule has 2 fully saturated rings. The quantitative estimate of drug-likeness (QED) is 0.106. The molecule has 0 amide bonds. The van der Waals surface area contributed by atoms with E-state index in [1.807, 2.05) is 0 Å². The average Bonchev–Trinajstić information content (AvgIpc) is 3.85. The molecule has 278 valence electrons. The van der Waals surface area contributed by atoms with Gasteiger partial charge in [0.2, 0.25) is 0 Å². The van der Waals surface area contributed by atoms with E-state index in [0.29, 0.717) is 38.8 Å². The van der Waals surface area contributed by atoms with Crippen LogP contribution in [0.2, 0.25) is 0 Å². The maximum atomic E-state index is 11.4. The molecule has 0 aliphatic carbocycles. The molecular weight excluding hydrogens is 887 g/mol. The van der Waals surface area contributed by atoms with Crippen molar-refractivity contribution in [3.8, 4) is 0 Å². The third kappa shape index (κ3) is 9.41. The molecule has 0 radical (unpaired) electrons. The summed E-state index contributed by atoms with van der Waals surface area (Å²) in [6, 6.07) is 13.9. The zero-order chi connectivity index (χ0) is 36.6. The van der Waals surface area contributed by atoms with Gasteiger partial charge in [0.1, 0.15) is 0 Å². The fourth-order valence-corrected chi connectivity index (χ4v) is 36.6. The molecule has 51 heavy (non-hydrogen) atoms. The van der Waals surface area contributed by atoms with Gasteiger partial charge < -0.3 is 0 Å². The third-order valence-electron chi connectivity index (χ3n) is 9.73. The van der Waals surface area contributed by atoms with Crippen LogP contribution in [0.3, 0.4) is 0 Å². The van der Waals surface area contributed by atoms with E-state index in [0.717, 1.165) is 22.8 Å². The maximum absolute atomic E-state index is 11.4. The molecule has 8 nitrogen and oxygen atoms in total. The van der Waals surface area contributed by atoms with Gasteiger partial charge in [0.15, 0.2) is 0 Å². The van der Waals surface area contributed by atoms with Crippen LogP contribution in [0.5, 0.6) is 0 Å². The number of unbranched alkanes of at least 4 members (excludes halogenated alkanes) is 2. The van der Waals surface area contributed by atoms with Crippen LogP contribution in [0, 0.1) is 0 Å². The van der Waals surface area contributed by atoms with Crippen LogP contribution in [0.15, 0.2) is 60.3 Å². The Morgan fingerprint density at radius 1 is 0.765 bits per heavy atom. The minimum absolute atomic E-state index is 0.289. The van der Waals surface area contributed by atoms with Crippen LogP contribution in [0.25, 0.3) is 0 Å². The summed E-state index contributed by atoms with van der Waals surface area (Å²) in [4.78, 5) is 2.31. The number of hydrogen-bond acceptors (Lipinski definition) is 11. The van der Waals surface area contributed by atoms with Gasteiger partial charge in [-0.05, 0) is 0 Å². The standard InChI is InChI=1S/C35H46As2N2O6S6/c1-34(2)28-24-26(36-46-18-19-47-36)12-14-30(28)38(16-5-7-22-50(40,41)42)32(34)10-9-11-33-35(3,4)29-25-27(37-48-20-21-49-37)13-15-31(29)39(33)17-6-8-23-51(43,44)45/h9-15,24-25H,5-8,16-23H2,1-4H3,(H-,40,41,42,43,44,45)/p-1. The second kappa shape index (κ2) is 16.4. The molecule has 0 spiro atoms. The topological polar surface area (TPSA) is 121 Å². The Labute approximate surface area is 326 Å². The molecule has 0 atom stereocenters. The average molecular weight is 932 g/mol. The van der Waals surface area contributed by atoms with E-state index >= 15 is 0 Å². The molecule has 2 saturated heterocycles. The molecule has 0 unspecified atom stereocenters. The second-order valence-electron chi connectivity index (χ2n) is 14.0. The summed E-state index contributed by atoms with van der Waals surface area (Å²) in [6.07, 6.45) is 8.32. The molecule has 4 heterocycles. The van der Waals surface area contributed by atoms with E-state index in [2.05, 4.69) is 132 Å². The van der Waals surface area contributed by atoms with Crippen LogP contribution < -0.4 is 13.6 Å². The summed E-state index contributed by atoms with van der Waals surface area (Å²) in [5.74, 6) is 4.14. The zero-order valence-electron chi connectivity index (χ0n) is 29.4. The van der Waals surface area contributed by atoms with Gasteiger partial charge in [-0.25, -0.2) is 0 Å². The molecule has 0 aromatic heterocycles. The van der Waals surface area contributed by atoms with Crippen LogP contribution in [0.4, 0.5) is 11.4 Å². The van der Waals surface area contributed by atoms with Gasteiger partial charge in [-0.1, -0.05) is 0 Å². The number of nitrogens with zero attached hydrogens (tertiary/aromatic N) is 2. The van der Waals surface area contributed by atoms with Crippen LogP contribution >= 0.6 is 40.1 Å². The fraction of sp³-hybridized carbons (Fsp3) is 0.514. The number of allylic oxidation sites excluding steroid dienone is 4. The van der Waals surface area contributed by atoms with Gasteiger partial charge in [0.05, 0.1) is 0 Å². The predicted octanol–water partition coefficient (Wildman–Crippen LogP) is 5.30. The Balaban J connectivity index is 1.34. The summed E-state index contributed by atoms with van der Waals surface area (Å²) in [7, 11) is -0.00762. The van der Waals surface area contributed by atoms with E-state index in [1.165, 1.54) is 42.8 Å². The predicted molar refractivity (Wildman–Crippen MR) is 222 cm³/mol. The summed E-state index contributed by atoms with van der Waals surface area (Å²) in [5, 5.41) is 0. The van der Waals surface area contributed by atoms with Crippen molar-refractivity contribution in [2.75, 3.05) is 52.5 Å². The Hall–Kier alpha value is -0.273. The summed E-state index contributed by atoms with van der Waals surface area (Å²) < 4.78 is 73.4. The molecule has 2 aromatic rings. The Morgan fingerprint density at radius 2 is 1.31 bits per heavy atom. The first-order valence-corrected chi connectivity index (χ1v) is 35.2. The molecule has 16 heteroatoms. The summed E-state index contributed by atoms with van der Waals surface area (Å²) in [5.41, 5.74) is 6.55. The van der Waals surface area contributed by atoms with Crippen molar-refractivity contribution in [1.29, 1.82) is 0 Å². The van der Waals surface area contributed by atoms with Crippen LogP contribution in [-0.4, -0.2) is 109 Å². The molecule has 0 N–H and O–H groups in total. The van der Waals surface area contributed by atoms with Gasteiger partial charge in [-0.2, -0.15) is 0 Å². The Morgan fingerprint density at radius 3 is 1.90 bits per heavy atom. The molecule has 4 aliphatic rings. The van der Waals surface area contributed by atoms with E-state index in [4.69, 9.17) is 0 Å². The Bertz CT molecular complexity index is 1950. The Kier molecular flexibility index (Phi) is 13.0. The van der Waals surface area contributed by atoms with Gasteiger partial charge in [0.25, 0.3) is 0 Å². The molecule has 2 aromatic carbocycles. The third-order valence-corrected chi connectivity index (χ3v) is 38.7. The number of rotatable bonds is 14. The first-order valence-electron chi connectivity index (χ1n) is 17.2. The summed E-state index contributed by atoms with van der Waals surface area (Å²) >= 11 is -2.40. The second-order valence-corrected chi connectivity index (χ2v) is 40.6. The van der Waals surface area contributed by atoms with Crippen molar-refractivity contribution >= 4 is 111 Å². The number of hydrogen-bond donors (Lipinski definition) is 0. The number of fused-ring (bicyclic) bond motifs is 2. The van der Waals surface area contributed by atoms with Crippen LogP contribution in [-0.2, 0) is 31.1 Å². The van der Waals surface area contributed by atoms with Crippen molar-refractivity contribution in [3.63, 3.8) is 0 Å². The van der Waals surface area contributed by atoms with Crippen molar-refractivity contribution in [1.82, 2.24) is 0 Å². The normalized spacial score (nSPS) is 21.5. The molecule has 6 rings (SSSR count). The molecular formula is C35H45As2N2O6S6-. The van der Waals surface area contributed by atoms with Crippen molar-refractivity contribution in [2.24, 2.45) is 0 Å². The van der Waals surface area contributed by atoms with E-state index in [-0.39, 0.29) is 22.3 Å². The molecule has 0 saturated carbocycles. The van der Waals surface area contributed by atoms with Gasteiger partial charge >= 0.3 is 329 Å². The SMILES string of the molecule is CC1(C)C(/C=C/C=C2/N(CCCCS(=O)(=O)[O-])c3ccc([As]4SCCS4)cc3C2(C)C)=[N+](CCCCS(=O)(=O)[O-])c2ccc([As]3SCCS3)cc21. The summed E-state index contributed by atoms with van der Waals surface area (Å²) in [6.45, 7) is 10.3. The zero-order valence-corrected chi connectivity index (χ0v) is 38.0. The van der Waals surface area contributed by atoms with Gasteiger partial charge in [-0.15, -0.1) is 0 Å². The monoisotopic (exact) mass is 931 g/mol. The number of anilines is 1. The molecule has 0 bridgehead atoms. The van der Waals surface area contributed by atoms with Crippen molar-refractivity contribution < 1.29 is 30.5 Å². The van der Waals surface area contributed by atoms with Crippen molar-refractivity contribution in [2.45, 2.75) is 64.2 Å². The molecule has 4 aliphatic heterocycles. The van der Waals surface area contributed by atoms with E-state index in [9.17, 15) is 25.9 Å². The minimum atomic E-state index is -4.27. The number of benzene rings is 2. The van der Waals surface area contributed by atoms with E-state index < -0.39 is 44.9 Å².